The van der Waals surface area contributed by atoms with E-state index in [0.29, 0.717) is 5.56 Å². The van der Waals surface area contributed by atoms with Gasteiger partial charge in [-0.3, -0.25) is 0 Å². The number of carboxylic acids is 1. The summed E-state index contributed by atoms with van der Waals surface area (Å²) in [4.78, 5) is 11.4. The van der Waals surface area contributed by atoms with E-state index in [-0.39, 0.29) is 11.0 Å². The molecule has 0 bridgehead atoms. The summed E-state index contributed by atoms with van der Waals surface area (Å²) >= 11 is 0. The van der Waals surface area contributed by atoms with Crippen molar-refractivity contribution in [1.82, 2.24) is 0 Å². The van der Waals surface area contributed by atoms with Crippen LogP contribution in [0.4, 0.5) is 0 Å². The van der Waals surface area contributed by atoms with Gasteiger partial charge in [0.05, 0.1) is 5.56 Å². The average Bonchev–Trinajstić information content (AvgIpc) is 2.57. The number of benzene rings is 2. The van der Waals surface area contributed by atoms with Crippen molar-refractivity contribution in [1.29, 1.82) is 0 Å². The van der Waals surface area contributed by atoms with E-state index < -0.39 is 5.97 Å². The van der Waals surface area contributed by atoms with Gasteiger partial charge < -0.3 is 5.11 Å². The van der Waals surface area contributed by atoms with Crippen molar-refractivity contribution < 1.29 is 9.90 Å². The van der Waals surface area contributed by atoms with E-state index in [2.05, 4.69) is 44.9 Å². The van der Waals surface area contributed by atoms with Crippen LogP contribution in [-0.4, -0.2) is 11.1 Å². The maximum atomic E-state index is 11.4. The third-order valence-corrected chi connectivity index (χ3v) is 4.84. The van der Waals surface area contributed by atoms with E-state index in [9.17, 15) is 9.90 Å². The Morgan fingerprint density at radius 3 is 2.62 bits per heavy atom. The van der Waals surface area contributed by atoms with Crippen molar-refractivity contribution in [3.63, 3.8) is 0 Å². The van der Waals surface area contributed by atoms with Gasteiger partial charge in [-0.2, -0.15) is 0 Å². The predicted octanol–water partition coefficient (Wildman–Crippen LogP) is 5.12. The van der Waals surface area contributed by atoms with E-state index >= 15 is 0 Å². The Kier molecular flexibility index (Phi) is 3.81. The van der Waals surface area contributed by atoms with Gasteiger partial charge >= 0.3 is 5.97 Å². The molecule has 0 heterocycles. The molecule has 0 amide bonds. The summed E-state index contributed by atoms with van der Waals surface area (Å²) < 4.78 is 0. The number of terminal acetylenes is 1. The van der Waals surface area contributed by atoms with E-state index in [1.807, 2.05) is 12.1 Å². The molecule has 0 unspecified atom stereocenters. The summed E-state index contributed by atoms with van der Waals surface area (Å²) in [5.74, 6) is 1.56. The lowest BCUT2D eigenvalue weighted by molar-refractivity contribution is 0.0696. The van der Waals surface area contributed by atoms with Crippen molar-refractivity contribution in [2.45, 2.75) is 32.6 Å². The fourth-order valence-corrected chi connectivity index (χ4v) is 3.38. The largest absolute Gasteiger partial charge is 0.478 e. The molecule has 1 aliphatic carbocycles. The zero-order valence-corrected chi connectivity index (χ0v) is 14.2. The van der Waals surface area contributed by atoms with Crippen LogP contribution >= 0.6 is 0 Å². The normalized spacial score (nSPS) is 15.2. The maximum Gasteiger partial charge on any atom is 0.336 e. The zero-order valence-electron chi connectivity index (χ0n) is 14.2. The van der Waals surface area contributed by atoms with Crippen LogP contribution in [0.2, 0.25) is 0 Å². The molecule has 2 heteroatoms. The lowest BCUT2D eigenvalue weighted by atomic mass is 9.73. The molecule has 2 aromatic carbocycles. The molecule has 120 valence electrons. The van der Waals surface area contributed by atoms with Crippen LogP contribution in [0.1, 0.15) is 54.2 Å². The molecule has 1 aliphatic rings. The molecule has 2 nitrogen and oxygen atoms in total. The van der Waals surface area contributed by atoms with Gasteiger partial charge in [0.1, 0.15) is 0 Å². The minimum Gasteiger partial charge on any atom is -0.478 e. The molecule has 0 atom stereocenters. The van der Waals surface area contributed by atoms with Crippen molar-refractivity contribution in [2.24, 2.45) is 0 Å². The van der Waals surface area contributed by atoms with Crippen LogP contribution in [0.15, 0.2) is 42.5 Å². The van der Waals surface area contributed by atoms with Crippen LogP contribution in [-0.2, 0) is 5.41 Å². The molecule has 0 spiro atoms. The van der Waals surface area contributed by atoms with E-state index in [4.69, 9.17) is 6.42 Å². The Morgan fingerprint density at radius 1 is 1.21 bits per heavy atom. The highest BCUT2D eigenvalue weighted by Crippen LogP contribution is 2.40. The third kappa shape index (κ3) is 2.53. The Bertz CT molecular complexity index is 908. The van der Waals surface area contributed by atoms with E-state index in [1.54, 1.807) is 12.1 Å². The first-order valence-corrected chi connectivity index (χ1v) is 8.00. The second kappa shape index (κ2) is 5.69. The Balaban J connectivity index is 2.23. The molecule has 0 saturated carbocycles. The summed E-state index contributed by atoms with van der Waals surface area (Å²) in [7, 11) is 0. The quantitative estimate of drug-likeness (QED) is 0.781. The second-order valence-electron chi connectivity index (χ2n) is 6.91. The SMILES string of the molecule is C#Cc1c(C(=O)O)cccc1-c1ccc2c(c1)C(C)=CCC2(C)C. The molecular formula is C22H20O2. The average molecular weight is 316 g/mol. The van der Waals surface area contributed by atoms with Crippen molar-refractivity contribution >= 4 is 11.5 Å². The number of allylic oxidation sites excluding steroid dienone is 2. The molecular weight excluding hydrogens is 296 g/mol. The number of rotatable bonds is 2. The van der Waals surface area contributed by atoms with Crippen LogP contribution < -0.4 is 0 Å². The standard InChI is InChI=1S/C22H20O2/c1-5-16-17(7-6-8-18(16)21(23)24)15-9-10-20-19(13-15)14(2)11-12-22(20,3)4/h1,6-11,13H,12H2,2-4H3,(H,23,24). The number of hydrogen-bond acceptors (Lipinski definition) is 1. The summed E-state index contributed by atoms with van der Waals surface area (Å²) in [5, 5.41) is 9.37. The topological polar surface area (TPSA) is 37.3 Å². The fraction of sp³-hybridized carbons (Fsp3) is 0.227. The Morgan fingerprint density at radius 2 is 1.96 bits per heavy atom. The number of hydrogen-bond donors (Lipinski definition) is 1. The molecule has 24 heavy (non-hydrogen) atoms. The smallest absolute Gasteiger partial charge is 0.336 e. The molecule has 1 N–H and O–H groups in total. The fourth-order valence-electron chi connectivity index (χ4n) is 3.38. The predicted molar refractivity (Wildman–Crippen MR) is 98.1 cm³/mol. The maximum absolute atomic E-state index is 11.4. The highest BCUT2D eigenvalue weighted by atomic mass is 16.4. The first-order chi connectivity index (χ1) is 11.3. The minimum atomic E-state index is -1.00. The van der Waals surface area contributed by atoms with Crippen LogP contribution in [0.5, 0.6) is 0 Å². The van der Waals surface area contributed by atoms with Crippen molar-refractivity contribution in [2.75, 3.05) is 0 Å². The molecule has 0 aromatic heterocycles. The van der Waals surface area contributed by atoms with Gasteiger partial charge in [-0.15, -0.1) is 6.42 Å². The molecule has 2 aromatic rings. The molecule has 0 aliphatic heterocycles. The highest BCUT2D eigenvalue weighted by Gasteiger charge is 2.27. The van der Waals surface area contributed by atoms with Gasteiger partial charge in [0.25, 0.3) is 0 Å². The van der Waals surface area contributed by atoms with E-state index in [0.717, 1.165) is 17.5 Å². The third-order valence-electron chi connectivity index (χ3n) is 4.84. The van der Waals surface area contributed by atoms with Crippen LogP contribution in [0.3, 0.4) is 0 Å². The number of fused-ring (bicyclic) bond motifs is 1. The lowest BCUT2D eigenvalue weighted by Gasteiger charge is -2.31. The minimum absolute atomic E-state index is 0.102. The summed E-state index contributed by atoms with van der Waals surface area (Å²) in [5.41, 5.74) is 6.23. The Labute approximate surface area is 142 Å². The van der Waals surface area contributed by atoms with E-state index in [1.165, 1.54) is 16.7 Å². The van der Waals surface area contributed by atoms with Gasteiger partial charge in [-0.25, -0.2) is 4.79 Å². The number of carboxylic acid groups (broad SMARTS) is 1. The van der Waals surface area contributed by atoms with Gasteiger partial charge in [-0.1, -0.05) is 50.1 Å². The highest BCUT2D eigenvalue weighted by molar-refractivity contribution is 5.94. The molecule has 0 fully saturated rings. The monoisotopic (exact) mass is 316 g/mol. The van der Waals surface area contributed by atoms with Crippen molar-refractivity contribution in [3.05, 3.63) is 64.7 Å². The van der Waals surface area contributed by atoms with Crippen molar-refractivity contribution in [3.8, 4) is 23.5 Å². The van der Waals surface area contributed by atoms with Gasteiger partial charge in [0.15, 0.2) is 0 Å². The van der Waals surface area contributed by atoms with Gasteiger partial charge in [0.2, 0.25) is 0 Å². The number of carbonyl (C=O) groups is 1. The first kappa shape index (κ1) is 16.1. The lowest BCUT2D eigenvalue weighted by Crippen LogP contribution is -2.21. The Hall–Kier alpha value is -2.79. The second-order valence-corrected chi connectivity index (χ2v) is 6.91. The molecule has 3 rings (SSSR count). The number of aromatic carboxylic acids is 1. The summed E-state index contributed by atoms with van der Waals surface area (Å²) in [6.07, 6.45) is 8.90. The summed E-state index contributed by atoms with van der Waals surface area (Å²) in [6, 6.07) is 11.5. The summed E-state index contributed by atoms with van der Waals surface area (Å²) in [6.45, 7) is 6.60. The van der Waals surface area contributed by atoms with Gasteiger partial charge in [-0.05, 0) is 58.7 Å². The zero-order chi connectivity index (χ0) is 17.5. The molecule has 0 radical (unpaired) electrons. The first-order valence-electron chi connectivity index (χ1n) is 8.00. The molecule has 0 saturated heterocycles. The van der Waals surface area contributed by atoms with Gasteiger partial charge in [0, 0.05) is 5.56 Å². The van der Waals surface area contributed by atoms with Crippen LogP contribution in [0, 0.1) is 12.3 Å². The van der Waals surface area contributed by atoms with Crippen LogP contribution in [0.25, 0.3) is 16.7 Å².